The van der Waals surface area contributed by atoms with Crippen LogP contribution in [0.1, 0.15) is 342 Å². The second-order valence-corrected chi connectivity index (χ2v) is 21.3. The van der Waals surface area contributed by atoms with Gasteiger partial charge in [-0.3, -0.25) is 14.4 Å². The molecule has 0 aromatic rings. The second kappa shape index (κ2) is 60.2. The maximum absolute atomic E-state index is 12.8. The quantitative estimate of drug-likeness (QED) is 0.0261. The Morgan fingerprint density at radius 2 is 0.507 bits per heavy atom. The topological polar surface area (TPSA) is 78.9 Å². The highest BCUT2D eigenvalue weighted by Gasteiger charge is 2.19. The minimum absolute atomic E-state index is 0.0711. The number of esters is 3. The largest absolute Gasteiger partial charge is 0.462 e. The molecule has 0 aliphatic carbocycles. The van der Waals surface area contributed by atoms with Crippen LogP contribution in [0.4, 0.5) is 0 Å². The summed E-state index contributed by atoms with van der Waals surface area (Å²) in [4.78, 5) is 38.0. The lowest BCUT2D eigenvalue weighted by Crippen LogP contribution is -2.30. The van der Waals surface area contributed by atoms with Gasteiger partial charge in [0.15, 0.2) is 6.10 Å². The van der Waals surface area contributed by atoms with Crippen molar-refractivity contribution in [3.05, 3.63) is 36.5 Å². The molecule has 0 aliphatic heterocycles. The van der Waals surface area contributed by atoms with Crippen molar-refractivity contribution in [2.24, 2.45) is 0 Å². The number of allylic oxidation sites excluding steroid dienone is 6. The number of hydrogen-bond donors (Lipinski definition) is 0. The normalized spacial score (nSPS) is 12.2. The zero-order valence-electron chi connectivity index (χ0n) is 47.8. The summed E-state index contributed by atoms with van der Waals surface area (Å²) >= 11 is 0. The van der Waals surface area contributed by atoms with Crippen molar-refractivity contribution in [2.45, 2.75) is 348 Å². The molecule has 6 heteroatoms. The molecular formula is C65H120O6. The molecule has 0 radical (unpaired) electrons. The van der Waals surface area contributed by atoms with Crippen molar-refractivity contribution in [3.8, 4) is 0 Å². The molecule has 416 valence electrons. The van der Waals surface area contributed by atoms with Crippen molar-refractivity contribution in [2.75, 3.05) is 13.2 Å². The highest BCUT2D eigenvalue weighted by Crippen LogP contribution is 2.17. The van der Waals surface area contributed by atoms with Gasteiger partial charge in [0.05, 0.1) is 0 Å². The number of hydrogen-bond acceptors (Lipinski definition) is 6. The molecule has 0 heterocycles. The Morgan fingerprint density at radius 3 is 0.789 bits per heavy atom. The van der Waals surface area contributed by atoms with Gasteiger partial charge in [0.1, 0.15) is 13.2 Å². The van der Waals surface area contributed by atoms with Crippen LogP contribution in [0.15, 0.2) is 36.5 Å². The number of carbonyl (C=O) groups excluding carboxylic acids is 3. The van der Waals surface area contributed by atoms with Gasteiger partial charge in [-0.05, 0) is 57.8 Å². The summed E-state index contributed by atoms with van der Waals surface area (Å²) < 4.78 is 16.8. The van der Waals surface area contributed by atoms with Crippen molar-refractivity contribution < 1.29 is 28.6 Å². The molecule has 0 spiro atoms. The van der Waals surface area contributed by atoms with Crippen LogP contribution < -0.4 is 0 Å². The monoisotopic (exact) mass is 997 g/mol. The van der Waals surface area contributed by atoms with Gasteiger partial charge in [-0.25, -0.2) is 0 Å². The minimum Gasteiger partial charge on any atom is -0.462 e. The van der Waals surface area contributed by atoms with E-state index < -0.39 is 6.10 Å². The van der Waals surface area contributed by atoms with Crippen LogP contribution in [0.5, 0.6) is 0 Å². The lowest BCUT2D eigenvalue weighted by molar-refractivity contribution is -0.167. The maximum Gasteiger partial charge on any atom is 0.306 e. The SMILES string of the molecule is CCCCCCC/C=C\C/C=C\C/C=C\CCCCCCCCCCC(=O)OC(COC(=O)CCCCCCCC)COC(=O)CCCCCCCCCCCCCCCCCCCCCCCCCC. The molecule has 6 nitrogen and oxygen atoms in total. The Labute approximate surface area is 442 Å². The van der Waals surface area contributed by atoms with E-state index in [0.717, 1.165) is 77.0 Å². The first-order valence-corrected chi connectivity index (χ1v) is 31.5. The fraction of sp³-hybridized carbons (Fsp3) is 0.862. The molecule has 0 aliphatic rings. The van der Waals surface area contributed by atoms with Crippen molar-refractivity contribution in [3.63, 3.8) is 0 Å². The summed E-state index contributed by atoms with van der Waals surface area (Å²) in [5.41, 5.74) is 0. The Hall–Kier alpha value is -2.37. The fourth-order valence-electron chi connectivity index (χ4n) is 9.39. The van der Waals surface area contributed by atoms with E-state index in [1.54, 1.807) is 0 Å². The Kier molecular flexibility index (Phi) is 58.2. The first-order chi connectivity index (χ1) is 35.0. The van der Waals surface area contributed by atoms with Crippen LogP contribution in [-0.2, 0) is 28.6 Å². The fourth-order valence-corrected chi connectivity index (χ4v) is 9.39. The molecule has 0 saturated heterocycles. The summed E-state index contributed by atoms with van der Waals surface area (Å²) in [6.07, 6.45) is 73.3. The summed E-state index contributed by atoms with van der Waals surface area (Å²) in [5.74, 6) is -0.869. The molecular weight excluding hydrogens is 877 g/mol. The van der Waals surface area contributed by atoms with Crippen LogP contribution >= 0.6 is 0 Å². The average Bonchev–Trinajstić information content (AvgIpc) is 3.37. The van der Waals surface area contributed by atoms with Gasteiger partial charge < -0.3 is 14.2 Å². The molecule has 0 saturated carbocycles. The Balaban J connectivity index is 4.07. The summed E-state index contributed by atoms with van der Waals surface area (Å²) in [6.45, 7) is 6.62. The lowest BCUT2D eigenvalue weighted by atomic mass is 10.0. The van der Waals surface area contributed by atoms with Gasteiger partial charge in [0.2, 0.25) is 0 Å². The number of unbranched alkanes of at least 4 members (excludes halogenated alkanes) is 41. The molecule has 0 amide bonds. The van der Waals surface area contributed by atoms with Gasteiger partial charge in [-0.2, -0.15) is 0 Å². The lowest BCUT2D eigenvalue weighted by Gasteiger charge is -2.18. The van der Waals surface area contributed by atoms with E-state index in [2.05, 4.69) is 57.2 Å². The highest BCUT2D eigenvalue weighted by molar-refractivity contribution is 5.71. The van der Waals surface area contributed by atoms with Gasteiger partial charge >= 0.3 is 17.9 Å². The minimum atomic E-state index is -0.771. The molecule has 1 atom stereocenters. The average molecular weight is 998 g/mol. The summed E-state index contributed by atoms with van der Waals surface area (Å²) in [5, 5.41) is 0. The molecule has 0 N–H and O–H groups in total. The Morgan fingerprint density at radius 1 is 0.282 bits per heavy atom. The summed E-state index contributed by atoms with van der Waals surface area (Å²) in [7, 11) is 0. The van der Waals surface area contributed by atoms with Crippen molar-refractivity contribution >= 4 is 17.9 Å². The molecule has 1 unspecified atom stereocenters. The van der Waals surface area contributed by atoms with Crippen LogP contribution in [0, 0.1) is 0 Å². The van der Waals surface area contributed by atoms with Crippen LogP contribution in [0.2, 0.25) is 0 Å². The van der Waals surface area contributed by atoms with E-state index in [4.69, 9.17) is 14.2 Å². The number of carbonyl (C=O) groups is 3. The highest BCUT2D eigenvalue weighted by atomic mass is 16.6. The first-order valence-electron chi connectivity index (χ1n) is 31.5. The van der Waals surface area contributed by atoms with E-state index in [-0.39, 0.29) is 31.1 Å². The molecule has 71 heavy (non-hydrogen) atoms. The van der Waals surface area contributed by atoms with E-state index >= 15 is 0 Å². The van der Waals surface area contributed by atoms with E-state index in [9.17, 15) is 14.4 Å². The predicted molar refractivity (Wildman–Crippen MR) is 307 cm³/mol. The van der Waals surface area contributed by atoms with Crippen molar-refractivity contribution in [1.29, 1.82) is 0 Å². The molecule has 0 fully saturated rings. The summed E-state index contributed by atoms with van der Waals surface area (Å²) in [6, 6.07) is 0. The smallest absolute Gasteiger partial charge is 0.306 e. The number of rotatable bonds is 58. The maximum atomic E-state index is 12.8. The first kappa shape index (κ1) is 68.6. The van der Waals surface area contributed by atoms with Gasteiger partial charge in [-0.15, -0.1) is 0 Å². The second-order valence-electron chi connectivity index (χ2n) is 21.3. The molecule has 0 rings (SSSR count). The zero-order chi connectivity index (χ0) is 51.4. The third-order valence-electron chi connectivity index (χ3n) is 14.1. The molecule has 0 bridgehead atoms. The van der Waals surface area contributed by atoms with Gasteiger partial charge in [0.25, 0.3) is 0 Å². The molecule has 0 aromatic heterocycles. The van der Waals surface area contributed by atoms with Gasteiger partial charge in [-0.1, -0.05) is 301 Å². The van der Waals surface area contributed by atoms with E-state index in [1.807, 2.05) is 0 Å². The Bertz CT molecular complexity index is 1190. The third kappa shape index (κ3) is 58.4. The predicted octanol–water partition coefficient (Wildman–Crippen LogP) is 21.2. The van der Waals surface area contributed by atoms with Gasteiger partial charge in [0, 0.05) is 19.3 Å². The van der Waals surface area contributed by atoms with Crippen LogP contribution in [0.25, 0.3) is 0 Å². The zero-order valence-corrected chi connectivity index (χ0v) is 47.8. The van der Waals surface area contributed by atoms with Crippen molar-refractivity contribution in [1.82, 2.24) is 0 Å². The van der Waals surface area contributed by atoms with Crippen LogP contribution in [-0.4, -0.2) is 37.2 Å². The molecule has 0 aromatic carbocycles. The van der Waals surface area contributed by atoms with E-state index in [0.29, 0.717) is 19.3 Å². The standard InChI is InChI=1S/C65H120O6/c1-4-7-10-13-16-18-20-22-24-26-28-30-32-34-35-37-39-41-43-45-47-49-52-55-58-64(67)70-61-62(60-69-63(66)57-54-51-15-12-9-6-3)71-65(68)59-56-53-50-48-46-44-42-40-38-36-33-31-29-27-25-23-21-19-17-14-11-8-5-2/h21,23,27,29,33,36,62H,4-20,22,24-26,28,30-32,34-35,37-61H2,1-3H3/b23-21-,29-27-,36-33-. The van der Waals surface area contributed by atoms with Crippen LogP contribution in [0.3, 0.4) is 0 Å². The van der Waals surface area contributed by atoms with E-state index in [1.165, 1.54) is 225 Å². The number of ether oxygens (including phenoxy) is 3. The third-order valence-corrected chi connectivity index (χ3v) is 14.1.